The van der Waals surface area contributed by atoms with E-state index in [0.29, 0.717) is 38.5 Å². The number of aryl methyl sites for hydroxylation is 1. The molecule has 1 aromatic heterocycles. The van der Waals surface area contributed by atoms with Crippen LogP contribution in [0.25, 0.3) is 5.69 Å². The van der Waals surface area contributed by atoms with E-state index in [9.17, 15) is 9.59 Å². The molecule has 0 spiro atoms. The number of hydrogen-bond acceptors (Lipinski definition) is 4. The van der Waals surface area contributed by atoms with Crippen LogP contribution in [0.3, 0.4) is 0 Å². The van der Waals surface area contributed by atoms with Crippen molar-refractivity contribution in [3.05, 3.63) is 75.3 Å². The number of benzene rings is 2. The molecular formula is C19H16Cl2N4O2. The van der Waals surface area contributed by atoms with Crippen LogP contribution in [0.5, 0.6) is 0 Å². The minimum Gasteiger partial charge on any atom is -0.349 e. The van der Waals surface area contributed by atoms with Crippen molar-refractivity contribution in [2.75, 3.05) is 0 Å². The molecule has 0 bridgehead atoms. The molecule has 27 heavy (non-hydrogen) atoms. The molecule has 0 radical (unpaired) electrons. The van der Waals surface area contributed by atoms with Gasteiger partial charge in [-0.15, -0.1) is 10.2 Å². The Kier molecular flexibility index (Phi) is 5.58. The number of aromatic nitrogens is 3. The zero-order valence-electron chi connectivity index (χ0n) is 14.7. The minimum absolute atomic E-state index is 0.179. The summed E-state index contributed by atoms with van der Waals surface area (Å²) in [7, 11) is 0. The predicted octanol–water partition coefficient (Wildman–Crippen LogP) is 3.75. The normalized spacial score (nSPS) is 10.7. The smallest absolute Gasteiger partial charge is 0.217 e. The summed E-state index contributed by atoms with van der Waals surface area (Å²) in [5.74, 6) is 0.617. The summed E-state index contributed by atoms with van der Waals surface area (Å²) in [6.45, 7) is 3.36. The van der Waals surface area contributed by atoms with Gasteiger partial charge in [-0.25, -0.2) is 0 Å². The highest BCUT2D eigenvalue weighted by Gasteiger charge is 2.21. The van der Waals surface area contributed by atoms with Crippen molar-refractivity contribution in [3.63, 3.8) is 0 Å². The highest BCUT2D eigenvalue weighted by molar-refractivity contribution is 6.35. The van der Waals surface area contributed by atoms with Gasteiger partial charge in [-0.1, -0.05) is 35.3 Å². The molecule has 0 aliphatic heterocycles. The quantitative estimate of drug-likeness (QED) is 0.659. The largest absolute Gasteiger partial charge is 0.349 e. The summed E-state index contributed by atoms with van der Waals surface area (Å²) in [6.07, 6.45) is 0. The Labute approximate surface area is 166 Å². The van der Waals surface area contributed by atoms with E-state index < -0.39 is 0 Å². The van der Waals surface area contributed by atoms with Crippen LogP contribution in [0, 0.1) is 6.92 Å². The highest BCUT2D eigenvalue weighted by Crippen LogP contribution is 2.27. The Hall–Kier alpha value is -2.70. The van der Waals surface area contributed by atoms with Crippen LogP contribution in [0.2, 0.25) is 10.0 Å². The van der Waals surface area contributed by atoms with Gasteiger partial charge in [0, 0.05) is 23.1 Å². The van der Waals surface area contributed by atoms with Gasteiger partial charge < -0.3 is 5.32 Å². The lowest BCUT2D eigenvalue weighted by Gasteiger charge is -2.14. The molecule has 0 fully saturated rings. The van der Waals surface area contributed by atoms with E-state index in [1.54, 1.807) is 54.0 Å². The Bertz CT molecular complexity index is 1030. The third-order valence-corrected chi connectivity index (χ3v) is 4.51. The standard InChI is InChI=1S/C19H16Cl2N4O2/c1-11-23-24-18(10-22-12(2)26)25(11)17-8-7-13(20)9-15(17)19(27)14-5-3-4-6-16(14)21/h3-9H,10H2,1-2H3,(H,22,26). The molecule has 1 amide bonds. The van der Waals surface area contributed by atoms with Crippen LogP contribution in [0.15, 0.2) is 42.5 Å². The first-order valence-electron chi connectivity index (χ1n) is 8.13. The number of carbonyl (C=O) groups is 2. The van der Waals surface area contributed by atoms with Crippen molar-refractivity contribution >= 4 is 34.9 Å². The second-order valence-electron chi connectivity index (χ2n) is 5.88. The molecular weight excluding hydrogens is 387 g/mol. The van der Waals surface area contributed by atoms with E-state index in [-0.39, 0.29) is 18.2 Å². The van der Waals surface area contributed by atoms with Crippen LogP contribution in [0.4, 0.5) is 0 Å². The highest BCUT2D eigenvalue weighted by atomic mass is 35.5. The maximum atomic E-state index is 13.2. The van der Waals surface area contributed by atoms with E-state index in [0.717, 1.165) is 0 Å². The molecule has 3 rings (SSSR count). The van der Waals surface area contributed by atoms with Gasteiger partial charge in [0.1, 0.15) is 5.82 Å². The fourth-order valence-electron chi connectivity index (χ4n) is 2.71. The van der Waals surface area contributed by atoms with Crippen LogP contribution in [-0.4, -0.2) is 26.5 Å². The van der Waals surface area contributed by atoms with Gasteiger partial charge in [-0.05, 0) is 37.3 Å². The van der Waals surface area contributed by atoms with Gasteiger partial charge in [-0.3, -0.25) is 14.2 Å². The van der Waals surface area contributed by atoms with Gasteiger partial charge in [0.05, 0.1) is 17.3 Å². The topological polar surface area (TPSA) is 76.9 Å². The molecule has 0 saturated carbocycles. The van der Waals surface area contributed by atoms with Crippen molar-refractivity contribution in [1.82, 2.24) is 20.1 Å². The second kappa shape index (κ2) is 7.90. The molecule has 0 atom stereocenters. The Morgan fingerprint density at radius 1 is 1.07 bits per heavy atom. The van der Waals surface area contributed by atoms with Gasteiger partial charge in [0.2, 0.25) is 5.91 Å². The monoisotopic (exact) mass is 402 g/mol. The van der Waals surface area contributed by atoms with Crippen LogP contribution < -0.4 is 5.32 Å². The summed E-state index contributed by atoms with van der Waals surface area (Å²) >= 11 is 12.3. The lowest BCUT2D eigenvalue weighted by atomic mass is 10.0. The van der Waals surface area contributed by atoms with Crippen molar-refractivity contribution in [2.45, 2.75) is 20.4 Å². The molecule has 3 aromatic rings. The summed E-state index contributed by atoms with van der Waals surface area (Å²) in [6, 6.07) is 11.8. The Morgan fingerprint density at radius 3 is 2.52 bits per heavy atom. The fraction of sp³-hybridized carbons (Fsp3) is 0.158. The number of amides is 1. The molecule has 1 N–H and O–H groups in total. The lowest BCUT2D eigenvalue weighted by molar-refractivity contribution is -0.119. The molecule has 2 aromatic carbocycles. The molecule has 0 saturated heterocycles. The van der Waals surface area contributed by atoms with E-state index in [1.165, 1.54) is 6.92 Å². The SMILES string of the molecule is CC(=O)NCc1nnc(C)n1-c1ccc(Cl)cc1C(=O)c1ccccc1Cl. The summed E-state index contributed by atoms with van der Waals surface area (Å²) in [5.41, 5.74) is 1.30. The van der Waals surface area contributed by atoms with Gasteiger partial charge in [0.15, 0.2) is 11.6 Å². The third kappa shape index (κ3) is 4.02. The number of carbonyl (C=O) groups excluding carboxylic acids is 2. The van der Waals surface area contributed by atoms with Gasteiger partial charge in [-0.2, -0.15) is 0 Å². The molecule has 0 unspecified atom stereocenters. The first-order valence-corrected chi connectivity index (χ1v) is 8.88. The summed E-state index contributed by atoms with van der Waals surface area (Å²) in [4.78, 5) is 24.4. The number of rotatable bonds is 5. The molecule has 138 valence electrons. The predicted molar refractivity (Wildman–Crippen MR) is 104 cm³/mol. The molecule has 0 aliphatic rings. The van der Waals surface area contributed by atoms with Gasteiger partial charge in [0.25, 0.3) is 0 Å². The molecule has 0 aliphatic carbocycles. The van der Waals surface area contributed by atoms with Crippen LogP contribution in [0.1, 0.15) is 34.5 Å². The van der Waals surface area contributed by atoms with E-state index in [2.05, 4.69) is 15.5 Å². The van der Waals surface area contributed by atoms with E-state index >= 15 is 0 Å². The van der Waals surface area contributed by atoms with E-state index in [1.807, 2.05) is 0 Å². The second-order valence-corrected chi connectivity index (χ2v) is 6.72. The maximum absolute atomic E-state index is 13.2. The number of ketones is 1. The third-order valence-electron chi connectivity index (χ3n) is 3.95. The minimum atomic E-state index is -0.267. The average molecular weight is 403 g/mol. The zero-order valence-corrected chi connectivity index (χ0v) is 16.2. The summed E-state index contributed by atoms with van der Waals surface area (Å²) < 4.78 is 1.72. The lowest BCUT2D eigenvalue weighted by Crippen LogP contribution is -2.22. The Morgan fingerprint density at radius 2 is 1.81 bits per heavy atom. The first kappa shape index (κ1) is 19.1. The molecule has 8 heteroatoms. The van der Waals surface area contributed by atoms with E-state index in [4.69, 9.17) is 23.2 Å². The number of halogens is 2. The van der Waals surface area contributed by atoms with Crippen LogP contribution in [-0.2, 0) is 11.3 Å². The number of hydrogen-bond donors (Lipinski definition) is 1. The number of nitrogens with zero attached hydrogens (tertiary/aromatic N) is 3. The Balaban J connectivity index is 2.14. The molecule has 6 nitrogen and oxygen atoms in total. The average Bonchev–Trinajstić information content (AvgIpc) is 3.00. The first-order chi connectivity index (χ1) is 12.9. The van der Waals surface area contributed by atoms with Gasteiger partial charge >= 0.3 is 0 Å². The van der Waals surface area contributed by atoms with Crippen molar-refractivity contribution in [1.29, 1.82) is 0 Å². The van der Waals surface area contributed by atoms with Crippen LogP contribution >= 0.6 is 23.2 Å². The maximum Gasteiger partial charge on any atom is 0.217 e. The summed E-state index contributed by atoms with van der Waals surface area (Å²) in [5, 5.41) is 11.6. The molecule has 1 heterocycles. The zero-order chi connectivity index (χ0) is 19.6. The van der Waals surface area contributed by atoms with Crippen molar-refractivity contribution in [3.8, 4) is 5.69 Å². The fourth-order valence-corrected chi connectivity index (χ4v) is 3.11. The van der Waals surface area contributed by atoms with Crippen molar-refractivity contribution in [2.24, 2.45) is 0 Å². The number of nitrogens with one attached hydrogen (secondary N) is 1. The van der Waals surface area contributed by atoms with Crippen molar-refractivity contribution < 1.29 is 9.59 Å².